The SMILES string of the molecule is C/C=C/C=C/C=C/C(NC(=O)CCCCCCCC=CCC(O)C(CCCCC)OC(=O)C[N+](C)(C)CCOC(C)=O)NC(=O)CCCCCCCC=CCC(O)C(CCCCC)OC(=O)C[N+](C)(C)CCOC(C)=O. The van der Waals surface area contributed by atoms with Crippen LogP contribution in [0.4, 0.5) is 0 Å². The number of rotatable bonds is 47. The van der Waals surface area contributed by atoms with Crippen molar-refractivity contribution in [2.45, 2.75) is 219 Å². The molecule has 2 amide bonds. The van der Waals surface area contributed by atoms with Crippen LogP contribution in [0.5, 0.6) is 0 Å². The molecule has 0 bridgehead atoms. The number of unbranched alkanes of at least 4 members (excludes halogenated alkanes) is 14. The summed E-state index contributed by atoms with van der Waals surface area (Å²) in [6.45, 7) is 10.5. The first-order valence-electron chi connectivity index (χ1n) is 28.7. The lowest BCUT2D eigenvalue weighted by atomic mass is 10.0. The molecular formula is C60H106N4O12+2. The van der Waals surface area contributed by atoms with Crippen LogP contribution in [0, 0.1) is 0 Å². The summed E-state index contributed by atoms with van der Waals surface area (Å²) in [5.74, 6) is -1.70. The van der Waals surface area contributed by atoms with Gasteiger partial charge in [-0.15, -0.1) is 0 Å². The van der Waals surface area contributed by atoms with Gasteiger partial charge in [-0.3, -0.25) is 19.2 Å². The van der Waals surface area contributed by atoms with Gasteiger partial charge in [-0.25, -0.2) is 9.59 Å². The highest BCUT2D eigenvalue weighted by Gasteiger charge is 2.29. The van der Waals surface area contributed by atoms with E-state index in [1.807, 2.05) is 77.6 Å². The van der Waals surface area contributed by atoms with Crippen molar-refractivity contribution in [3.05, 3.63) is 60.8 Å². The van der Waals surface area contributed by atoms with Gasteiger partial charge in [0.05, 0.1) is 40.4 Å². The number of aliphatic hydroxyl groups excluding tert-OH is 2. The second-order valence-electron chi connectivity index (χ2n) is 21.4. The number of carbonyl (C=O) groups is 6. The Morgan fingerprint density at radius 3 is 1.30 bits per heavy atom. The second-order valence-corrected chi connectivity index (χ2v) is 21.4. The monoisotopic (exact) mass is 1070 g/mol. The predicted molar refractivity (Wildman–Crippen MR) is 302 cm³/mol. The fourth-order valence-electron chi connectivity index (χ4n) is 8.20. The van der Waals surface area contributed by atoms with E-state index >= 15 is 0 Å². The lowest BCUT2D eigenvalue weighted by Crippen LogP contribution is -2.47. The van der Waals surface area contributed by atoms with Crippen LogP contribution >= 0.6 is 0 Å². The molecule has 0 aliphatic carbocycles. The van der Waals surface area contributed by atoms with Crippen LogP contribution in [0.25, 0.3) is 0 Å². The first kappa shape index (κ1) is 71.4. The van der Waals surface area contributed by atoms with Crippen LogP contribution in [0.2, 0.25) is 0 Å². The van der Waals surface area contributed by atoms with E-state index in [9.17, 15) is 39.0 Å². The Bertz CT molecular complexity index is 1630. The first-order chi connectivity index (χ1) is 36.2. The van der Waals surface area contributed by atoms with Crippen molar-refractivity contribution in [2.75, 3.05) is 67.6 Å². The molecule has 0 fully saturated rings. The Kier molecular flexibility index (Phi) is 42.6. The molecule has 76 heavy (non-hydrogen) atoms. The van der Waals surface area contributed by atoms with E-state index in [1.54, 1.807) is 6.08 Å². The normalized spacial score (nSPS) is 14.3. The van der Waals surface area contributed by atoms with Crippen LogP contribution in [-0.4, -0.2) is 153 Å². The van der Waals surface area contributed by atoms with Gasteiger partial charge in [0.25, 0.3) is 0 Å². The molecule has 0 rings (SSSR count). The predicted octanol–water partition coefficient (Wildman–Crippen LogP) is 9.57. The molecule has 0 aromatic rings. The van der Waals surface area contributed by atoms with E-state index in [1.165, 1.54) is 13.8 Å². The van der Waals surface area contributed by atoms with Crippen molar-refractivity contribution >= 4 is 35.7 Å². The number of allylic oxidation sites excluding steroid dienone is 7. The number of likely N-dealkylation sites (N-methyl/N-ethyl adjacent to an activating group) is 2. The summed E-state index contributed by atoms with van der Waals surface area (Å²) in [5, 5.41) is 27.9. The van der Waals surface area contributed by atoms with Crippen molar-refractivity contribution in [1.82, 2.24) is 10.6 Å². The summed E-state index contributed by atoms with van der Waals surface area (Å²) in [4.78, 5) is 73.9. The third kappa shape index (κ3) is 43.5. The minimum absolute atomic E-state index is 0.111. The van der Waals surface area contributed by atoms with E-state index in [0.29, 0.717) is 60.6 Å². The summed E-state index contributed by atoms with van der Waals surface area (Å²) >= 11 is 0. The maximum Gasteiger partial charge on any atom is 0.362 e. The Morgan fingerprint density at radius 2 is 0.908 bits per heavy atom. The largest absolute Gasteiger partial charge is 0.460 e. The minimum atomic E-state index is -0.796. The molecule has 4 N–H and O–H groups in total. The van der Waals surface area contributed by atoms with Crippen LogP contribution in [0.15, 0.2) is 60.8 Å². The second kappa shape index (κ2) is 45.4. The third-order valence-corrected chi connectivity index (χ3v) is 12.8. The molecule has 0 saturated heterocycles. The first-order valence-corrected chi connectivity index (χ1v) is 28.7. The van der Waals surface area contributed by atoms with Gasteiger partial charge < -0.3 is 48.8 Å². The zero-order valence-electron chi connectivity index (χ0n) is 48.7. The number of esters is 4. The van der Waals surface area contributed by atoms with Crippen molar-refractivity contribution in [3.8, 4) is 0 Å². The highest BCUT2D eigenvalue weighted by Crippen LogP contribution is 2.18. The number of quaternary nitrogens is 2. The van der Waals surface area contributed by atoms with Gasteiger partial charge in [0, 0.05) is 26.7 Å². The number of carbonyl (C=O) groups excluding carboxylic acids is 6. The fourth-order valence-corrected chi connectivity index (χ4v) is 8.20. The summed E-state index contributed by atoms with van der Waals surface area (Å²) in [6.07, 6.45) is 35.4. The molecule has 0 spiro atoms. The maximum atomic E-state index is 12.9. The Balaban J connectivity index is 4.70. The molecular weight excluding hydrogens is 969 g/mol. The summed E-state index contributed by atoms with van der Waals surface area (Å²) < 4.78 is 22.3. The van der Waals surface area contributed by atoms with E-state index in [4.69, 9.17) is 18.9 Å². The number of amides is 2. The number of ether oxygens (including phenoxy) is 4. The average molecular weight is 1080 g/mol. The van der Waals surface area contributed by atoms with E-state index in [2.05, 4.69) is 36.6 Å². The van der Waals surface area contributed by atoms with Crippen molar-refractivity contribution < 1.29 is 66.9 Å². The van der Waals surface area contributed by atoms with Crippen LogP contribution in [0.1, 0.15) is 189 Å². The summed E-state index contributed by atoms with van der Waals surface area (Å²) in [7, 11) is 7.51. The van der Waals surface area contributed by atoms with E-state index < -0.39 is 30.6 Å². The third-order valence-electron chi connectivity index (χ3n) is 12.8. The molecule has 0 aliphatic rings. The van der Waals surface area contributed by atoms with Gasteiger partial charge >= 0.3 is 23.9 Å². The molecule has 436 valence electrons. The lowest BCUT2D eigenvalue weighted by molar-refractivity contribution is -0.883. The molecule has 0 heterocycles. The molecule has 0 aromatic heterocycles. The lowest BCUT2D eigenvalue weighted by Gasteiger charge is -2.30. The minimum Gasteiger partial charge on any atom is -0.460 e. The zero-order valence-corrected chi connectivity index (χ0v) is 48.7. The Hall–Kier alpha value is -4.64. The molecule has 16 heteroatoms. The van der Waals surface area contributed by atoms with Gasteiger partial charge in [0.15, 0.2) is 13.1 Å². The maximum absolute atomic E-state index is 12.9. The Labute approximate surface area is 459 Å². The Morgan fingerprint density at radius 1 is 0.513 bits per heavy atom. The van der Waals surface area contributed by atoms with Crippen molar-refractivity contribution in [2.24, 2.45) is 0 Å². The molecule has 4 unspecified atom stereocenters. The van der Waals surface area contributed by atoms with Gasteiger partial charge in [-0.1, -0.05) is 133 Å². The fraction of sp³-hybridized carbons (Fsp3) is 0.733. The standard InChI is InChI=1S/C60H104N4O12/c1-10-13-16-25-34-41-56(61-57(69)42-35-28-23-19-17-21-26-32-37-52(67)54(39-30-14-11-2)75-59(71)48-63(6,7)44-46-73-50(4)65)62-58(70)43-36-29-24-20-18-22-27-33-38-53(68)55(40-31-15-12-3)76-60(72)49-64(8,9)45-47-74-51(5)66/h10,13,16,25-27,32-34,41,52-56,67-68H,11-12,14-15,17-24,28-31,35-40,42-49H2,1-9H3/p+2/b13-10+,25-16+,32-26?,33-27?,41-34+. The quantitative estimate of drug-likeness (QED) is 0.00856. The molecule has 0 saturated carbocycles. The van der Waals surface area contributed by atoms with Gasteiger partial charge in [-0.2, -0.15) is 0 Å². The number of hydrogen-bond donors (Lipinski definition) is 4. The molecule has 0 aromatic carbocycles. The highest BCUT2D eigenvalue weighted by atomic mass is 16.6. The van der Waals surface area contributed by atoms with Gasteiger partial charge in [-0.05, 0) is 90.0 Å². The highest BCUT2D eigenvalue weighted by molar-refractivity contribution is 5.79. The number of nitrogens with zero attached hydrogens (tertiary/aromatic N) is 2. The number of hydrogen-bond acceptors (Lipinski definition) is 12. The molecule has 0 radical (unpaired) electrons. The smallest absolute Gasteiger partial charge is 0.362 e. The summed E-state index contributed by atoms with van der Waals surface area (Å²) in [6, 6.07) is 0. The van der Waals surface area contributed by atoms with Crippen molar-refractivity contribution in [3.63, 3.8) is 0 Å². The van der Waals surface area contributed by atoms with Crippen LogP contribution < -0.4 is 10.6 Å². The average Bonchev–Trinajstić information content (AvgIpc) is 3.33. The van der Waals surface area contributed by atoms with Crippen molar-refractivity contribution in [1.29, 1.82) is 0 Å². The van der Waals surface area contributed by atoms with Crippen LogP contribution in [0.3, 0.4) is 0 Å². The number of nitrogens with one attached hydrogen (secondary N) is 2. The molecule has 0 aliphatic heterocycles. The number of aliphatic hydroxyl groups is 2. The molecule has 16 nitrogen and oxygen atoms in total. The van der Waals surface area contributed by atoms with E-state index in [0.717, 1.165) is 116 Å². The molecule has 4 atom stereocenters. The van der Waals surface area contributed by atoms with Crippen LogP contribution in [-0.2, 0) is 47.7 Å². The topological polar surface area (TPSA) is 204 Å². The van der Waals surface area contributed by atoms with E-state index in [-0.39, 0.29) is 62.0 Å². The summed E-state index contributed by atoms with van der Waals surface area (Å²) in [5.41, 5.74) is 0. The van der Waals surface area contributed by atoms with Gasteiger partial charge in [0.2, 0.25) is 11.8 Å². The van der Waals surface area contributed by atoms with Gasteiger partial charge in [0.1, 0.15) is 44.7 Å². The zero-order chi connectivity index (χ0) is 56.9.